The van der Waals surface area contributed by atoms with Crippen molar-refractivity contribution in [1.29, 1.82) is 0 Å². The van der Waals surface area contributed by atoms with E-state index in [1.54, 1.807) is 4.57 Å². The molecule has 2 aliphatic heterocycles. The number of hydrogen-bond acceptors (Lipinski definition) is 5. The van der Waals surface area contributed by atoms with Crippen molar-refractivity contribution < 1.29 is 0 Å². The molecule has 1 atom stereocenters. The predicted octanol–water partition coefficient (Wildman–Crippen LogP) is 0.635. The first-order valence-corrected chi connectivity index (χ1v) is 9.96. The quantitative estimate of drug-likeness (QED) is 0.609. The van der Waals surface area contributed by atoms with Crippen LogP contribution >= 0.6 is 0 Å². The van der Waals surface area contributed by atoms with E-state index in [-0.39, 0.29) is 5.41 Å². The van der Waals surface area contributed by atoms with Crippen molar-refractivity contribution in [3.63, 3.8) is 0 Å². The SMILES string of the molecule is Cn1cc(CN2CCC3(Cc4nn(Cc5ccccc5)c(=O)c(=O)n4C3)C2)cn1. The highest BCUT2D eigenvalue weighted by molar-refractivity contribution is 5.15. The smallest absolute Gasteiger partial charge is 0.298 e. The maximum absolute atomic E-state index is 12.8. The lowest BCUT2D eigenvalue weighted by molar-refractivity contribution is 0.246. The van der Waals surface area contributed by atoms with Gasteiger partial charge in [-0.3, -0.25) is 23.7 Å². The van der Waals surface area contributed by atoms with Gasteiger partial charge in [0.15, 0.2) is 0 Å². The van der Waals surface area contributed by atoms with Crippen LogP contribution in [0.15, 0.2) is 52.3 Å². The zero-order chi connectivity index (χ0) is 20.0. The van der Waals surface area contributed by atoms with Crippen LogP contribution in [0.2, 0.25) is 0 Å². The predicted molar refractivity (Wildman–Crippen MR) is 108 cm³/mol. The Balaban J connectivity index is 1.37. The lowest BCUT2D eigenvalue weighted by Gasteiger charge is -2.22. The largest absolute Gasteiger partial charge is 0.332 e. The van der Waals surface area contributed by atoms with Crippen LogP contribution in [-0.4, -0.2) is 42.1 Å². The fourth-order valence-corrected chi connectivity index (χ4v) is 4.71. The summed E-state index contributed by atoms with van der Waals surface area (Å²) in [6.07, 6.45) is 5.68. The van der Waals surface area contributed by atoms with Crippen LogP contribution in [0.4, 0.5) is 0 Å². The summed E-state index contributed by atoms with van der Waals surface area (Å²) in [6, 6.07) is 9.65. The summed E-state index contributed by atoms with van der Waals surface area (Å²) < 4.78 is 4.75. The van der Waals surface area contributed by atoms with E-state index in [4.69, 9.17) is 0 Å². The van der Waals surface area contributed by atoms with Crippen molar-refractivity contribution in [2.24, 2.45) is 12.5 Å². The van der Waals surface area contributed by atoms with Gasteiger partial charge in [-0.15, -0.1) is 0 Å². The molecule has 0 saturated carbocycles. The van der Waals surface area contributed by atoms with Gasteiger partial charge in [0.2, 0.25) is 0 Å². The van der Waals surface area contributed by atoms with Crippen molar-refractivity contribution in [3.8, 4) is 0 Å². The van der Waals surface area contributed by atoms with E-state index in [9.17, 15) is 9.59 Å². The van der Waals surface area contributed by atoms with Crippen LogP contribution in [0.3, 0.4) is 0 Å². The van der Waals surface area contributed by atoms with E-state index >= 15 is 0 Å². The van der Waals surface area contributed by atoms with Gasteiger partial charge in [-0.05, 0) is 18.5 Å². The molecule has 0 radical (unpaired) electrons. The number of fused-ring (bicyclic) bond motifs is 1. The minimum atomic E-state index is -0.542. The second-order valence-corrected chi connectivity index (χ2v) is 8.42. The van der Waals surface area contributed by atoms with Crippen LogP contribution in [0.1, 0.15) is 23.4 Å². The Labute approximate surface area is 168 Å². The standard InChI is InChI=1S/C21H24N6O2/c1-24-11-17(10-22-24)12-25-8-7-21(14-25)9-18-23-27(13-16-5-3-2-4-6-16)20(29)19(28)26(18)15-21/h2-6,10-11H,7-9,12-15H2,1H3. The number of hydrogen-bond donors (Lipinski definition) is 0. The number of nitrogens with zero attached hydrogens (tertiary/aromatic N) is 6. The van der Waals surface area contributed by atoms with Crippen molar-refractivity contribution in [2.45, 2.75) is 32.5 Å². The highest BCUT2D eigenvalue weighted by Crippen LogP contribution is 2.39. The average molecular weight is 392 g/mol. The fraction of sp³-hybridized carbons (Fsp3) is 0.429. The molecule has 29 heavy (non-hydrogen) atoms. The highest BCUT2D eigenvalue weighted by Gasteiger charge is 2.44. The molecular formula is C21H24N6O2. The Morgan fingerprint density at radius 1 is 1.03 bits per heavy atom. The third kappa shape index (κ3) is 3.33. The van der Waals surface area contributed by atoms with Crippen molar-refractivity contribution >= 4 is 0 Å². The van der Waals surface area contributed by atoms with E-state index in [0.717, 1.165) is 43.9 Å². The minimum Gasteiger partial charge on any atom is -0.298 e. The summed E-state index contributed by atoms with van der Waals surface area (Å²) in [6.45, 7) is 3.64. The fourth-order valence-electron chi connectivity index (χ4n) is 4.71. The molecule has 8 nitrogen and oxygen atoms in total. The number of likely N-dealkylation sites (tertiary alicyclic amines) is 1. The Morgan fingerprint density at radius 2 is 1.86 bits per heavy atom. The zero-order valence-corrected chi connectivity index (χ0v) is 16.5. The lowest BCUT2D eigenvalue weighted by atomic mass is 9.86. The first-order chi connectivity index (χ1) is 14.0. The molecule has 3 aromatic rings. The van der Waals surface area contributed by atoms with E-state index in [2.05, 4.69) is 15.1 Å². The Morgan fingerprint density at radius 3 is 2.62 bits per heavy atom. The van der Waals surface area contributed by atoms with Crippen molar-refractivity contribution in [3.05, 3.63) is 80.4 Å². The second-order valence-electron chi connectivity index (χ2n) is 8.42. The van der Waals surface area contributed by atoms with Gasteiger partial charge in [-0.25, -0.2) is 4.68 Å². The molecule has 4 heterocycles. The molecule has 1 fully saturated rings. The molecule has 1 saturated heterocycles. The van der Waals surface area contributed by atoms with Gasteiger partial charge in [0.05, 0.1) is 12.7 Å². The Hall–Kier alpha value is -3.00. The van der Waals surface area contributed by atoms with Gasteiger partial charge < -0.3 is 0 Å². The summed E-state index contributed by atoms with van der Waals surface area (Å²) in [5, 5.41) is 8.82. The van der Waals surface area contributed by atoms with E-state index < -0.39 is 11.1 Å². The molecule has 2 aliphatic rings. The molecule has 1 spiro atoms. The summed E-state index contributed by atoms with van der Waals surface area (Å²) in [5.74, 6) is 0.730. The Kier molecular flexibility index (Phi) is 4.24. The summed E-state index contributed by atoms with van der Waals surface area (Å²) in [7, 11) is 1.92. The normalized spacial score (nSPS) is 21.1. The van der Waals surface area contributed by atoms with Crippen molar-refractivity contribution in [2.75, 3.05) is 13.1 Å². The van der Waals surface area contributed by atoms with Gasteiger partial charge >= 0.3 is 11.1 Å². The van der Waals surface area contributed by atoms with Gasteiger partial charge in [0.1, 0.15) is 5.82 Å². The van der Waals surface area contributed by atoms with Crippen LogP contribution in [0, 0.1) is 5.41 Å². The zero-order valence-electron chi connectivity index (χ0n) is 16.5. The molecule has 0 bridgehead atoms. The number of aryl methyl sites for hydroxylation is 1. The summed E-state index contributed by atoms with van der Waals surface area (Å²) in [5.41, 5.74) is 1.15. The summed E-state index contributed by atoms with van der Waals surface area (Å²) in [4.78, 5) is 27.8. The molecule has 5 rings (SSSR count). The van der Waals surface area contributed by atoms with E-state index in [1.165, 1.54) is 10.2 Å². The Bertz CT molecular complexity index is 1160. The second kappa shape index (κ2) is 6.81. The van der Waals surface area contributed by atoms with Gasteiger partial charge in [0, 0.05) is 50.3 Å². The molecule has 0 amide bonds. The van der Waals surface area contributed by atoms with Gasteiger partial charge in [-0.2, -0.15) is 10.2 Å². The van der Waals surface area contributed by atoms with Crippen molar-refractivity contribution in [1.82, 2.24) is 29.0 Å². The molecule has 0 N–H and O–H groups in total. The van der Waals surface area contributed by atoms with E-state index in [0.29, 0.717) is 13.1 Å². The molecular weight excluding hydrogens is 368 g/mol. The van der Waals surface area contributed by atoms with Crippen LogP contribution in [-0.2, 0) is 33.1 Å². The first-order valence-electron chi connectivity index (χ1n) is 9.96. The molecule has 1 aromatic carbocycles. The third-order valence-corrected chi connectivity index (χ3v) is 6.09. The minimum absolute atomic E-state index is 0.0141. The number of rotatable bonds is 4. The monoisotopic (exact) mass is 392 g/mol. The van der Waals surface area contributed by atoms with Crippen LogP contribution < -0.4 is 11.1 Å². The molecule has 2 aromatic heterocycles. The summed E-state index contributed by atoms with van der Waals surface area (Å²) >= 11 is 0. The highest BCUT2D eigenvalue weighted by atomic mass is 16.2. The average Bonchev–Trinajstić information content (AvgIpc) is 3.40. The number of benzene rings is 1. The van der Waals surface area contributed by atoms with Gasteiger partial charge in [0.25, 0.3) is 0 Å². The van der Waals surface area contributed by atoms with E-state index in [1.807, 2.05) is 54.5 Å². The molecule has 0 aliphatic carbocycles. The molecule has 8 heteroatoms. The lowest BCUT2D eigenvalue weighted by Crippen LogP contribution is -2.43. The maximum Gasteiger partial charge on any atom is 0.332 e. The van der Waals surface area contributed by atoms with Crippen LogP contribution in [0.5, 0.6) is 0 Å². The molecule has 1 unspecified atom stereocenters. The maximum atomic E-state index is 12.8. The third-order valence-electron chi connectivity index (χ3n) is 6.09. The topological polar surface area (TPSA) is 78.0 Å². The number of aromatic nitrogens is 5. The van der Waals surface area contributed by atoms with Gasteiger partial charge in [-0.1, -0.05) is 30.3 Å². The molecule has 150 valence electrons. The first kappa shape index (κ1) is 18.1. The van der Waals surface area contributed by atoms with Crippen LogP contribution in [0.25, 0.3) is 0 Å².